The Morgan fingerprint density at radius 2 is 1.74 bits per heavy atom. The molecule has 0 amide bonds. The van der Waals surface area contributed by atoms with Crippen LogP contribution < -0.4 is 5.43 Å². The Hall–Kier alpha value is -2.27. The van der Waals surface area contributed by atoms with Crippen molar-refractivity contribution in [3.05, 3.63) is 66.0 Å². The van der Waals surface area contributed by atoms with Gasteiger partial charge in [-0.25, -0.2) is 0 Å². The number of benzene rings is 1. The molecule has 0 unspecified atom stereocenters. The first-order chi connectivity index (χ1) is 11.3. The van der Waals surface area contributed by atoms with E-state index in [0.717, 1.165) is 30.1 Å². The quantitative estimate of drug-likeness (QED) is 0.535. The SMILES string of the molecule is S=C(NN=C(c1ccccc1)c1ccccn1)N1CCCCC1. The second kappa shape index (κ2) is 7.83. The fourth-order valence-corrected chi connectivity index (χ4v) is 2.87. The van der Waals surface area contributed by atoms with E-state index in [-0.39, 0.29) is 0 Å². The molecule has 0 saturated carbocycles. The molecule has 3 rings (SSSR count). The third-order valence-electron chi connectivity index (χ3n) is 3.86. The van der Waals surface area contributed by atoms with E-state index in [1.54, 1.807) is 6.20 Å². The number of pyridine rings is 1. The average Bonchev–Trinajstić information content (AvgIpc) is 2.64. The van der Waals surface area contributed by atoms with Crippen molar-refractivity contribution in [1.82, 2.24) is 15.3 Å². The first-order valence-corrected chi connectivity index (χ1v) is 8.35. The molecule has 1 aromatic carbocycles. The Morgan fingerprint density at radius 3 is 2.43 bits per heavy atom. The van der Waals surface area contributed by atoms with Crippen molar-refractivity contribution in [2.75, 3.05) is 13.1 Å². The summed E-state index contributed by atoms with van der Waals surface area (Å²) in [4.78, 5) is 6.60. The Morgan fingerprint density at radius 1 is 1.00 bits per heavy atom. The van der Waals surface area contributed by atoms with Gasteiger partial charge in [-0.05, 0) is 43.6 Å². The molecule has 0 aliphatic carbocycles. The Bertz CT molecular complexity index is 622. The maximum atomic E-state index is 5.48. The Balaban J connectivity index is 1.82. The van der Waals surface area contributed by atoms with Crippen LogP contribution in [0.25, 0.3) is 0 Å². The zero-order valence-electron chi connectivity index (χ0n) is 13.0. The number of nitrogens with one attached hydrogen (secondary N) is 1. The lowest BCUT2D eigenvalue weighted by atomic mass is 10.1. The van der Waals surface area contributed by atoms with Crippen LogP contribution in [-0.4, -0.2) is 33.8 Å². The third-order valence-corrected chi connectivity index (χ3v) is 4.21. The van der Waals surface area contributed by atoms with Gasteiger partial charge in [-0.2, -0.15) is 5.10 Å². The van der Waals surface area contributed by atoms with Gasteiger partial charge in [0.1, 0.15) is 5.71 Å². The van der Waals surface area contributed by atoms with Gasteiger partial charge < -0.3 is 4.90 Å². The molecule has 0 bridgehead atoms. The van der Waals surface area contributed by atoms with Crippen LogP contribution in [0, 0.1) is 0 Å². The topological polar surface area (TPSA) is 40.5 Å². The average molecular weight is 324 g/mol. The highest BCUT2D eigenvalue weighted by Gasteiger charge is 2.14. The number of rotatable bonds is 3. The number of likely N-dealkylation sites (tertiary alicyclic amines) is 1. The summed E-state index contributed by atoms with van der Waals surface area (Å²) in [6.45, 7) is 2.01. The highest BCUT2D eigenvalue weighted by Crippen LogP contribution is 2.10. The molecule has 2 aromatic rings. The minimum absolute atomic E-state index is 0.689. The number of hydrazone groups is 1. The number of thiocarbonyl (C=S) groups is 1. The summed E-state index contributed by atoms with van der Waals surface area (Å²) in [5.74, 6) is 0. The van der Waals surface area contributed by atoms with Crippen molar-refractivity contribution >= 4 is 23.0 Å². The van der Waals surface area contributed by atoms with Crippen LogP contribution in [0.3, 0.4) is 0 Å². The van der Waals surface area contributed by atoms with Crippen LogP contribution in [0.2, 0.25) is 0 Å². The summed E-state index contributed by atoms with van der Waals surface area (Å²) in [5, 5.41) is 5.25. The number of aromatic nitrogens is 1. The molecule has 0 atom stereocenters. The smallest absolute Gasteiger partial charge is 0.189 e. The maximum Gasteiger partial charge on any atom is 0.189 e. The number of piperidine rings is 1. The summed E-state index contributed by atoms with van der Waals surface area (Å²) >= 11 is 5.48. The van der Waals surface area contributed by atoms with Gasteiger partial charge >= 0.3 is 0 Å². The van der Waals surface area contributed by atoms with E-state index in [0.29, 0.717) is 5.11 Å². The van der Waals surface area contributed by atoms with Gasteiger partial charge in [-0.15, -0.1) is 0 Å². The molecule has 1 aliphatic rings. The van der Waals surface area contributed by atoms with Crippen LogP contribution in [0.4, 0.5) is 0 Å². The number of hydrogen-bond acceptors (Lipinski definition) is 3. The lowest BCUT2D eigenvalue weighted by Gasteiger charge is -2.28. The van der Waals surface area contributed by atoms with Gasteiger partial charge in [-0.3, -0.25) is 10.4 Å². The van der Waals surface area contributed by atoms with E-state index in [9.17, 15) is 0 Å². The summed E-state index contributed by atoms with van der Waals surface area (Å²) in [6.07, 6.45) is 5.44. The first-order valence-electron chi connectivity index (χ1n) is 7.94. The number of nitrogens with zero attached hydrogens (tertiary/aromatic N) is 3. The highest BCUT2D eigenvalue weighted by molar-refractivity contribution is 7.80. The molecular formula is C18H20N4S. The van der Waals surface area contributed by atoms with Crippen molar-refractivity contribution < 1.29 is 0 Å². The monoisotopic (exact) mass is 324 g/mol. The van der Waals surface area contributed by atoms with E-state index in [1.165, 1.54) is 19.3 Å². The van der Waals surface area contributed by atoms with Crippen molar-refractivity contribution in [1.29, 1.82) is 0 Å². The van der Waals surface area contributed by atoms with Crippen molar-refractivity contribution in [3.8, 4) is 0 Å². The Labute approximate surface area is 142 Å². The molecule has 2 heterocycles. The second-order valence-corrected chi connectivity index (χ2v) is 5.89. The lowest BCUT2D eigenvalue weighted by Crippen LogP contribution is -2.41. The van der Waals surface area contributed by atoms with Gasteiger partial charge in [0.25, 0.3) is 0 Å². The molecule has 118 valence electrons. The predicted octanol–water partition coefficient (Wildman–Crippen LogP) is 3.19. The van der Waals surface area contributed by atoms with E-state index in [1.807, 2.05) is 48.5 Å². The molecule has 1 saturated heterocycles. The number of hydrogen-bond donors (Lipinski definition) is 1. The predicted molar refractivity (Wildman–Crippen MR) is 97.5 cm³/mol. The van der Waals surface area contributed by atoms with Crippen molar-refractivity contribution in [2.45, 2.75) is 19.3 Å². The van der Waals surface area contributed by atoms with Crippen LogP contribution in [0.15, 0.2) is 59.8 Å². The van der Waals surface area contributed by atoms with Gasteiger partial charge in [0.05, 0.1) is 5.69 Å². The van der Waals surface area contributed by atoms with E-state index in [4.69, 9.17) is 12.2 Å². The minimum Gasteiger partial charge on any atom is -0.348 e. The zero-order valence-corrected chi connectivity index (χ0v) is 13.8. The fourth-order valence-electron chi connectivity index (χ4n) is 2.64. The maximum absolute atomic E-state index is 5.48. The van der Waals surface area contributed by atoms with Crippen molar-refractivity contribution in [2.24, 2.45) is 5.10 Å². The molecule has 1 N–H and O–H groups in total. The molecule has 5 heteroatoms. The summed E-state index contributed by atoms with van der Waals surface area (Å²) in [5.41, 5.74) is 5.69. The highest BCUT2D eigenvalue weighted by atomic mass is 32.1. The third kappa shape index (κ3) is 4.13. The molecule has 0 spiro atoms. The van der Waals surface area contributed by atoms with Gasteiger partial charge in [-0.1, -0.05) is 36.4 Å². The molecular weight excluding hydrogens is 304 g/mol. The summed E-state index contributed by atoms with van der Waals surface area (Å²) in [7, 11) is 0. The molecule has 0 radical (unpaired) electrons. The van der Waals surface area contributed by atoms with Crippen molar-refractivity contribution in [3.63, 3.8) is 0 Å². The van der Waals surface area contributed by atoms with E-state index < -0.39 is 0 Å². The van der Waals surface area contributed by atoms with Crippen LogP contribution >= 0.6 is 12.2 Å². The van der Waals surface area contributed by atoms with Crippen LogP contribution in [0.5, 0.6) is 0 Å². The fraction of sp³-hybridized carbons (Fsp3) is 0.278. The zero-order chi connectivity index (χ0) is 15.9. The van der Waals surface area contributed by atoms with E-state index >= 15 is 0 Å². The second-order valence-electron chi connectivity index (χ2n) is 5.51. The molecule has 4 nitrogen and oxygen atoms in total. The minimum atomic E-state index is 0.689. The first kappa shape index (κ1) is 15.6. The van der Waals surface area contributed by atoms with Gasteiger partial charge in [0.2, 0.25) is 0 Å². The molecule has 1 fully saturated rings. The van der Waals surface area contributed by atoms with Gasteiger partial charge in [0.15, 0.2) is 5.11 Å². The summed E-state index contributed by atoms with van der Waals surface area (Å²) < 4.78 is 0. The summed E-state index contributed by atoms with van der Waals surface area (Å²) in [6, 6.07) is 15.9. The van der Waals surface area contributed by atoms with Crippen LogP contribution in [0.1, 0.15) is 30.5 Å². The normalized spacial score (nSPS) is 15.3. The van der Waals surface area contributed by atoms with Gasteiger partial charge in [0, 0.05) is 24.8 Å². The molecule has 1 aliphatic heterocycles. The largest absolute Gasteiger partial charge is 0.348 e. The molecule has 23 heavy (non-hydrogen) atoms. The standard InChI is InChI=1S/C18H20N4S/c23-18(22-13-7-2-8-14-22)21-20-17(15-9-3-1-4-10-15)16-11-5-6-12-19-16/h1,3-6,9-12H,2,7-8,13-14H2,(H,21,23). The lowest BCUT2D eigenvalue weighted by molar-refractivity contribution is 0.338. The molecule has 1 aromatic heterocycles. The Kier molecular flexibility index (Phi) is 5.32. The van der Waals surface area contributed by atoms with Crippen LogP contribution in [-0.2, 0) is 0 Å². The van der Waals surface area contributed by atoms with E-state index in [2.05, 4.69) is 20.4 Å².